The third kappa shape index (κ3) is 4.23. The highest BCUT2D eigenvalue weighted by Crippen LogP contribution is 2.29. The smallest absolute Gasteiger partial charge is 0.238 e. The fourth-order valence-corrected chi connectivity index (χ4v) is 3.96. The third-order valence-electron chi connectivity index (χ3n) is 5.54. The molecule has 1 aliphatic heterocycles. The summed E-state index contributed by atoms with van der Waals surface area (Å²) < 4.78 is 26.1. The molecule has 0 spiro atoms. The fourth-order valence-electron chi connectivity index (χ4n) is 3.96. The Morgan fingerprint density at radius 2 is 1.97 bits per heavy atom. The molecular formula is C22H25FN4O3. The summed E-state index contributed by atoms with van der Waals surface area (Å²) in [4.78, 5) is 19.0. The summed E-state index contributed by atoms with van der Waals surface area (Å²) in [7, 11) is 3.15. The molecule has 0 radical (unpaired) electrons. The zero-order valence-electron chi connectivity index (χ0n) is 17.1. The average molecular weight is 412 g/mol. The summed E-state index contributed by atoms with van der Waals surface area (Å²) in [5.74, 6) is 0.871. The molecule has 1 aliphatic rings. The van der Waals surface area contributed by atoms with Gasteiger partial charge in [0.25, 0.3) is 0 Å². The number of nitrogens with one attached hydrogen (secondary N) is 1. The first-order valence-corrected chi connectivity index (χ1v) is 9.93. The van der Waals surface area contributed by atoms with Crippen LogP contribution < -0.4 is 14.8 Å². The Balaban J connectivity index is 1.35. The molecule has 8 heteroatoms. The third-order valence-corrected chi connectivity index (χ3v) is 5.54. The van der Waals surface area contributed by atoms with Crippen molar-refractivity contribution in [1.29, 1.82) is 0 Å². The molecule has 30 heavy (non-hydrogen) atoms. The maximum absolute atomic E-state index is 13.4. The van der Waals surface area contributed by atoms with Crippen LogP contribution in [0.3, 0.4) is 0 Å². The van der Waals surface area contributed by atoms with Crippen molar-refractivity contribution in [3.05, 3.63) is 48.5 Å². The molecule has 0 bridgehead atoms. The van der Waals surface area contributed by atoms with E-state index in [4.69, 9.17) is 9.47 Å². The quantitative estimate of drug-likeness (QED) is 0.672. The van der Waals surface area contributed by atoms with Gasteiger partial charge >= 0.3 is 0 Å². The predicted octanol–water partition coefficient (Wildman–Crippen LogP) is 3.47. The molecule has 1 aromatic heterocycles. The topological polar surface area (TPSA) is 68.6 Å². The molecule has 0 saturated carbocycles. The van der Waals surface area contributed by atoms with E-state index >= 15 is 0 Å². The van der Waals surface area contributed by atoms with E-state index in [0.717, 1.165) is 31.4 Å². The van der Waals surface area contributed by atoms with E-state index in [1.165, 1.54) is 12.1 Å². The standard InChI is InChI=1S/C22H25FN4O3/c1-29-17-4-6-21(30-2)19(12-17)25-22(28)13-26-9-7-16(8-10-26)27-14-24-18-11-15(23)3-5-20(18)27/h3-6,11-12,14,16H,7-10,13H2,1-2H3,(H,25,28). The molecule has 0 aliphatic carbocycles. The van der Waals surface area contributed by atoms with Crippen molar-refractivity contribution >= 4 is 22.6 Å². The van der Waals surface area contributed by atoms with Crippen molar-refractivity contribution in [1.82, 2.24) is 14.5 Å². The van der Waals surface area contributed by atoms with Crippen LogP contribution in [0.25, 0.3) is 11.0 Å². The zero-order valence-corrected chi connectivity index (χ0v) is 17.1. The Morgan fingerprint density at radius 3 is 2.70 bits per heavy atom. The second-order valence-corrected chi connectivity index (χ2v) is 7.41. The van der Waals surface area contributed by atoms with E-state index in [2.05, 4.69) is 19.8 Å². The molecule has 0 unspecified atom stereocenters. The summed E-state index contributed by atoms with van der Waals surface area (Å²) >= 11 is 0. The second-order valence-electron chi connectivity index (χ2n) is 7.41. The van der Waals surface area contributed by atoms with Crippen LogP contribution in [0.15, 0.2) is 42.7 Å². The molecule has 2 heterocycles. The molecule has 1 N–H and O–H groups in total. The van der Waals surface area contributed by atoms with Crippen molar-refractivity contribution in [3.8, 4) is 11.5 Å². The molecular weight excluding hydrogens is 387 g/mol. The molecule has 1 amide bonds. The van der Waals surface area contributed by atoms with Gasteiger partial charge in [0.15, 0.2) is 0 Å². The lowest BCUT2D eigenvalue weighted by molar-refractivity contribution is -0.117. The van der Waals surface area contributed by atoms with Gasteiger partial charge in [-0.25, -0.2) is 9.37 Å². The molecule has 3 aromatic rings. The first-order chi connectivity index (χ1) is 14.6. The van der Waals surface area contributed by atoms with Gasteiger partial charge in [0.1, 0.15) is 17.3 Å². The lowest BCUT2D eigenvalue weighted by Crippen LogP contribution is -2.39. The molecule has 4 rings (SSSR count). The first-order valence-electron chi connectivity index (χ1n) is 9.93. The number of nitrogens with zero attached hydrogens (tertiary/aromatic N) is 3. The van der Waals surface area contributed by atoms with Crippen LogP contribution in [0.5, 0.6) is 11.5 Å². The van der Waals surface area contributed by atoms with Crippen molar-refractivity contribution in [2.45, 2.75) is 18.9 Å². The SMILES string of the molecule is COc1ccc(OC)c(NC(=O)CN2CCC(n3cnc4cc(F)ccc43)CC2)c1. The van der Waals surface area contributed by atoms with E-state index in [-0.39, 0.29) is 11.7 Å². The number of hydrogen-bond donors (Lipinski definition) is 1. The summed E-state index contributed by atoms with van der Waals surface area (Å²) in [6.07, 6.45) is 3.59. The monoisotopic (exact) mass is 412 g/mol. The summed E-state index contributed by atoms with van der Waals surface area (Å²) in [6.45, 7) is 1.91. The predicted molar refractivity (Wildman–Crippen MR) is 113 cm³/mol. The zero-order chi connectivity index (χ0) is 21.1. The number of halogens is 1. The van der Waals surface area contributed by atoms with E-state index in [0.29, 0.717) is 35.3 Å². The highest BCUT2D eigenvalue weighted by molar-refractivity contribution is 5.94. The van der Waals surface area contributed by atoms with Crippen LogP contribution in [-0.2, 0) is 4.79 Å². The number of anilines is 1. The number of methoxy groups -OCH3 is 2. The highest BCUT2D eigenvalue weighted by atomic mass is 19.1. The van der Waals surface area contributed by atoms with Crippen LogP contribution in [0, 0.1) is 5.82 Å². The maximum Gasteiger partial charge on any atom is 0.238 e. The molecule has 1 saturated heterocycles. The Labute approximate surface area is 174 Å². The molecule has 7 nitrogen and oxygen atoms in total. The molecule has 2 aromatic carbocycles. The number of carbonyl (C=O) groups excluding carboxylic acids is 1. The number of ether oxygens (including phenoxy) is 2. The van der Waals surface area contributed by atoms with Crippen molar-refractivity contribution in [2.24, 2.45) is 0 Å². The lowest BCUT2D eigenvalue weighted by atomic mass is 10.0. The number of likely N-dealkylation sites (tertiary alicyclic amines) is 1. The van der Waals surface area contributed by atoms with Crippen molar-refractivity contribution < 1.29 is 18.7 Å². The van der Waals surface area contributed by atoms with Gasteiger partial charge in [-0.05, 0) is 37.1 Å². The van der Waals surface area contributed by atoms with E-state index in [1.54, 1.807) is 44.8 Å². The number of piperidine rings is 1. The Bertz CT molecular complexity index is 1040. The summed E-state index contributed by atoms with van der Waals surface area (Å²) in [5.41, 5.74) is 2.20. The number of amides is 1. The minimum absolute atomic E-state index is 0.0939. The van der Waals surface area contributed by atoms with Gasteiger partial charge in [-0.3, -0.25) is 9.69 Å². The van der Waals surface area contributed by atoms with Gasteiger partial charge in [0.05, 0.1) is 43.8 Å². The number of imidazole rings is 1. The van der Waals surface area contributed by atoms with Crippen LogP contribution in [0.2, 0.25) is 0 Å². The van der Waals surface area contributed by atoms with Gasteiger partial charge in [-0.1, -0.05) is 0 Å². The number of carbonyl (C=O) groups is 1. The molecule has 1 fully saturated rings. The number of benzene rings is 2. The Hall–Kier alpha value is -3.13. The van der Waals surface area contributed by atoms with E-state index in [1.807, 2.05) is 0 Å². The normalized spacial score (nSPS) is 15.3. The number of fused-ring (bicyclic) bond motifs is 1. The van der Waals surface area contributed by atoms with E-state index < -0.39 is 0 Å². The highest BCUT2D eigenvalue weighted by Gasteiger charge is 2.23. The van der Waals surface area contributed by atoms with Gasteiger partial charge in [0, 0.05) is 31.3 Å². The van der Waals surface area contributed by atoms with Crippen molar-refractivity contribution in [2.75, 3.05) is 39.2 Å². The number of hydrogen-bond acceptors (Lipinski definition) is 5. The largest absolute Gasteiger partial charge is 0.497 e. The van der Waals surface area contributed by atoms with Crippen LogP contribution in [0.1, 0.15) is 18.9 Å². The average Bonchev–Trinajstić information content (AvgIpc) is 3.17. The second kappa shape index (κ2) is 8.71. The lowest BCUT2D eigenvalue weighted by Gasteiger charge is -2.32. The minimum atomic E-state index is -0.277. The van der Waals surface area contributed by atoms with Crippen LogP contribution in [0.4, 0.5) is 10.1 Å². The minimum Gasteiger partial charge on any atom is -0.497 e. The van der Waals surface area contributed by atoms with Crippen molar-refractivity contribution in [3.63, 3.8) is 0 Å². The summed E-state index contributed by atoms with van der Waals surface area (Å²) in [6, 6.07) is 10.3. The van der Waals surface area contributed by atoms with E-state index in [9.17, 15) is 9.18 Å². The Kier molecular flexibility index (Phi) is 5.85. The van der Waals surface area contributed by atoms with Crippen LogP contribution in [-0.4, -0.2) is 54.2 Å². The van der Waals surface area contributed by atoms with Gasteiger partial charge in [0.2, 0.25) is 5.91 Å². The van der Waals surface area contributed by atoms with Gasteiger partial charge < -0.3 is 19.4 Å². The van der Waals surface area contributed by atoms with Gasteiger partial charge in [-0.15, -0.1) is 0 Å². The van der Waals surface area contributed by atoms with Gasteiger partial charge in [-0.2, -0.15) is 0 Å². The number of rotatable bonds is 6. The molecule has 158 valence electrons. The summed E-state index contributed by atoms with van der Waals surface area (Å²) in [5, 5.41) is 2.92. The maximum atomic E-state index is 13.4. The molecule has 0 atom stereocenters. The number of aromatic nitrogens is 2. The first kappa shape index (κ1) is 20.2. The fraction of sp³-hybridized carbons (Fsp3) is 0.364. The Morgan fingerprint density at radius 1 is 1.17 bits per heavy atom. The van der Waals surface area contributed by atoms with Crippen LogP contribution >= 0.6 is 0 Å².